The number of halogens is 1. The molecule has 3 N–H and O–H groups in total. The van der Waals surface area contributed by atoms with E-state index < -0.39 is 0 Å². The number of H-pyrrole nitrogens is 1. The lowest BCUT2D eigenvalue weighted by Gasteiger charge is -1.97. The Hall–Kier alpha value is -2.07. The quantitative estimate of drug-likeness (QED) is 0.647. The second kappa shape index (κ2) is 3.75. The van der Waals surface area contributed by atoms with Gasteiger partial charge in [-0.25, -0.2) is 9.97 Å². The van der Waals surface area contributed by atoms with Crippen LogP contribution in [0, 0.1) is 0 Å². The zero-order valence-electron chi connectivity index (χ0n) is 8.81. The maximum atomic E-state index is 5.87. The van der Waals surface area contributed by atoms with Crippen molar-refractivity contribution in [2.24, 2.45) is 0 Å². The van der Waals surface area contributed by atoms with Gasteiger partial charge in [0.1, 0.15) is 5.82 Å². The number of aromatic amines is 1. The second-order valence-electron chi connectivity index (χ2n) is 3.74. The van der Waals surface area contributed by atoms with Gasteiger partial charge in [0.15, 0.2) is 5.65 Å². The van der Waals surface area contributed by atoms with E-state index in [9.17, 15) is 0 Å². The molecule has 0 aliphatic rings. The van der Waals surface area contributed by atoms with Crippen LogP contribution in [0.3, 0.4) is 0 Å². The molecular formula is C12H9ClN4. The minimum absolute atomic E-state index is 0.584. The third-order valence-corrected chi connectivity index (χ3v) is 2.67. The summed E-state index contributed by atoms with van der Waals surface area (Å²) in [7, 11) is 0. The Kier molecular flexibility index (Phi) is 2.23. The second-order valence-corrected chi connectivity index (χ2v) is 4.17. The standard InChI is InChI=1S/C12H9ClN4/c13-8-5-10-12(15-6-8)17-11(16-10)7-2-1-3-9(14)4-7/h1-6H,14H2,(H,15,16,17). The molecule has 1 aromatic carbocycles. The van der Waals surface area contributed by atoms with E-state index in [1.807, 2.05) is 24.3 Å². The molecule has 0 saturated carbocycles. The highest BCUT2D eigenvalue weighted by atomic mass is 35.5. The van der Waals surface area contributed by atoms with E-state index in [0.29, 0.717) is 16.4 Å². The maximum Gasteiger partial charge on any atom is 0.178 e. The Bertz CT molecular complexity index is 690. The molecule has 0 radical (unpaired) electrons. The normalized spacial score (nSPS) is 10.9. The number of fused-ring (bicyclic) bond motifs is 1. The van der Waals surface area contributed by atoms with Crippen LogP contribution >= 0.6 is 11.6 Å². The number of rotatable bonds is 1. The van der Waals surface area contributed by atoms with E-state index in [1.54, 1.807) is 12.3 Å². The number of nitrogens with zero attached hydrogens (tertiary/aromatic N) is 2. The number of nitrogens with one attached hydrogen (secondary N) is 1. The highest BCUT2D eigenvalue weighted by molar-refractivity contribution is 6.31. The topological polar surface area (TPSA) is 67.6 Å². The fourth-order valence-corrected chi connectivity index (χ4v) is 1.86. The van der Waals surface area contributed by atoms with Crippen LogP contribution < -0.4 is 5.73 Å². The van der Waals surface area contributed by atoms with Crippen molar-refractivity contribution in [2.45, 2.75) is 0 Å². The third-order valence-electron chi connectivity index (χ3n) is 2.46. The molecule has 0 fully saturated rings. The maximum absolute atomic E-state index is 5.87. The van der Waals surface area contributed by atoms with E-state index in [4.69, 9.17) is 17.3 Å². The predicted octanol–water partition coefficient (Wildman–Crippen LogP) is 2.86. The number of hydrogen-bond donors (Lipinski definition) is 2. The lowest BCUT2D eigenvalue weighted by atomic mass is 10.2. The molecule has 0 aliphatic heterocycles. The molecule has 17 heavy (non-hydrogen) atoms. The average molecular weight is 245 g/mol. The molecule has 3 rings (SSSR count). The van der Waals surface area contributed by atoms with Gasteiger partial charge in [0, 0.05) is 17.4 Å². The summed E-state index contributed by atoms with van der Waals surface area (Å²) in [6, 6.07) is 9.32. The zero-order valence-corrected chi connectivity index (χ0v) is 9.57. The van der Waals surface area contributed by atoms with Gasteiger partial charge >= 0.3 is 0 Å². The van der Waals surface area contributed by atoms with E-state index in [0.717, 1.165) is 16.9 Å². The Morgan fingerprint density at radius 1 is 1.24 bits per heavy atom. The van der Waals surface area contributed by atoms with Crippen molar-refractivity contribution in [2.75, 3.05) is 5.73 Å². The molecule has 84 valence electrons. The fourth-order valence-electron chi connectivity index (χ4n) is 1.70. The van der Waals surface area contributed by atoms with Crippen molar-refractivity contribution in [3.63, 3.8) is 0 Å². The van der Waals surface area contributed by atoms with E-state index >= 15 is 0 Å². The first kappa shape index (κ1) is 10.1. The molecule has 4 nitrogen and oxygen atoms in total. The first-order valence-corrected chi connectivity index (χ1v) is 5.47. The summed E-state index contributed by atoms with van der Waals surface area (Å²) in [6.45, 7) is 0. The predicted molar refractivity (Wildman–Crippen MR) is 68.7 cm³/mol. The van der Waals surface area contributed by atoms with Gasteiger partial charge < -0.3 is 10.7 Å². The lowest BCUT2D eigenvalue weighted by molar-refractivity contribution is 1.30. The van der Waals surface area contributed by atoms with Crippen molar-refractivity contribution in [1.82, 2.24) is 15.0 Å². The van der Waals surface area contributed by atoms with Crippen molar-refractivity contribution >= 4 is 28.5 Å². The Balaban J connectivity index is 2.18. The van der Waals surface area contributed by atoms with Crippen LogP contribution in [-0.2, 0) is 0 Å². The molecule has 0 saturated heterocycles. The van der Waals surface area contributed by atoms with E-state index in [2.05, 4.69) is 15.0 Å². The molecule has 5 heteroatoms. The molecule has 0 aliphatic carbocycles. The zero-order chi connectivity index (χ0) is 11.8. The number of hydrogen-bond acceptors (Lipinski definition) is 3. The molecule has 0 atom stereocenters. The van der Waals surface area contributed by atoms with Gasteiger partial charge in [-0.1, -0.05) is 23.7 Å². The fraction of sp³-hybridized carbons (Fsp3) is 0. The first-order valence-electron chi connectivity index (χ1n) is 5.09. The van der Waals surface area contributed by atoms with Crippen molar-refractivity contribution in [1.29, 1.82) is 0 Å². The van der Waals surface area contributed by atoms with Crippen molar-refractivity contribution in [3.8, 4) is 11.4 Å². The third kappa shape index (κ3) is 1.83. The van der Waals surface area contributed by atoms with Crippen LogP contribution in [-0.4, -0.2) is 15.0 Å². The number of nitrogen functional groups attached to an aromatic ring is 1. The SMILES string of the molecule is Nc1cccc(-c2nc3ncc(Cl)cc3[nH]2)c1. The number of pyridine rings is 1. The van der Waals surface area contributed by atoms with Gasteiger partial charge in [-0.2, -0.15) is 0 Å². The first-order chi connectivity index (χ1) is 8.22. The molecule has 0 unspecified atom stereocenters. The van der Waals surface area contributed by atoms with Crippen LogP contribution in [0.25, 0.3) is 22.6 Å². The van der Waals surface area contributed by atoms with Crippen LogP contribution in [0.4, 0.5) is 5.69 Å². The van der Waals surface area contributed by atoms with Crippen molar-refractivity contribution in [3.05, 3.63) is 41.6 Å². The van der Waals surface area contributed by atoms with Crippen LogP contribution in [0.1, 0.15) is 0 Å². The number of aromatic nitrogens is 3. The minimum Gasteiger partial charge on any atom is -0.399 e. The van der Waals surface area contributed by atoms with Crippen LogP contribution in [0.2, 0.25) is 5.02 Å². The number of nitrogens with two attached hydrogens (primary N) is 1. The van der Waals surface area contributed by atoms with Crippen LogP contribution in [0.15, 0.2) is 36.5 Å². The van der Waals surface area contributed by atoms with Gasteiger partial charge in [0.2, 0.25) is 0 Å². The summed E-state index contributed by atoms with van der Waals surface area (Å²) >= 11 is 5.87. The molecule has 2 heterocycles. The summed E-state index contributed by atoms with van der Waals surface area (Å²) in [5.41, 5.74) is 8.83. The molecule has 2 aromatic heterocycles. The average Bonchev–Trinajstić information content (AvgIpc) is 2.72. The summed E-state index contributed by atoms with van der Waals surface area (Å²) in [4.78, 5) is 11.7. The molecule has 0 amide bonds. The highest BCUT2D eigenvalue weighted by Crippen LogP contribution is 2.22. The van der Waals surface area contributed by atoms with Gasteiger partial charge in [0.25, 0.3) is 0 Å². The summed E-state index contributed by atoms with van der Waals surface area (Å²) in [5.74, 6) is 0.738. The largest absolute Gasteiger partial charge is 0.399 e. The van der Waals surface area contributed by atoms with Gasteiger partial charge in [-0.3, -0.25) is 0 Å². The van der Waals surface area contributed by atoms with Crippen LogP contribution in [0.5, 0.6) is 0 Å². The summed E-state index contributed by atoms with van der Waals surface area (Å²) < 4.78 is 0. The minimum atomic E-state index is 0.584. The van der Waals surface area contributed by atoms with E-state index in [-0.39, 0.29) is 0 Å². The van der Waals surface area contributed by atoms with Crippen molar-refractivity contribution < 1.29 is 0 Å². The summed E-state index contributed by atoms with van der Waals surface area (Å²) in [5, 5.41) is 0.584. The van der Waals surface area contributed by atoms with Gasteiger partial charge in [-0.15, -0.1) is 0 Å². The van der Waals surface area contributed by atoms with Gasteiger partial charge in [-0.05, 0) is 18.2 Å². The molecule has 0 bridgehead atoms. The highest BCUT2D eigenvalue weighted by Gasteiger charge is 2.06. The lowest BCUT2D eigenvalue weighted by Crippen LogP contribution is -1.86. The molecular weight excluding hydrogens is 236 g/mol. The number of anilines is 1. The Morgan fingerprint density at radius 3 is 2.94 bits per heavy atom. The Morgan fingerprint density at radius 2 is 2.12 bits per heavy atom. The van der Waals surface area contributed by atoms with Gasteiger partial charge in [0.05, 0.1) is 10.5 Å². The van der Waals surface area contributed by atoms with E-state index in [1.165, 1.54) is 0 Å². The smallest absolute Gasteiger partial charge is 0.178 e. The number of imidazole rings is 1. The monoisotopic (exact) mass is 244 g/mol. The summed E-state index contributed by atoms with van der Waals surface area (Å²) in [6.07, 6.45) is 1.58. The Labute approximate surface area is 102 Å². The molecule has 3 aromatic rings. The number of benzene rings is 1. The molecule has 0 spiro atoms.